The summed E-state index contributed by atoms with van der Waals surface area (Å²) in [5, 5.41) is 22.5. The van der Waals surface area contributed by atoms with Crippen molar-refractivity contribution in [2.75, 3.05) is 44.2 Å². The molecule has 1 saturated carbocycles. The molecule has 2 aliphatic rings. The molecular formula is C18H25N5O7S. The van der Waals surface area contributed by atoms with Gasteiger partial charge in [0.05, 0.1) is 9.82 Å². The van der Waals surface area contributed by atoms with Gasteiger partial charge in [0.1, 0.15) is 11.6 Å². The first-order valence-electron chi connectivity index (χ1n) is 10.1. The van der Waals surface area contributed by atoms with Crippen LogP contribution in [-0.2, 0) is 14.8 Å². The van der Waals surface area contributed by atoms with Crippen molar-refractivity contribution in [2.45, 2.75) is 31.2 Å². The van der Waals surface area contributed by atoms with Crippen LogP contribution in [-0.4, -0.2) is 78.7 Å². The van der Waals surface area contributed by atoms with E-state index in [0.717, 1.165) is 6.07 Å². The zero-order valence-corrected chi connectivity index (χ0v) is 18.2. The Bertz CT molecular complexity index is 987. The third-order valence-corrected chi connectivity index (χ3v) is 7.81. The number of sulfonamides is 1. The van der Waals surface area contributed by atoms with Gasteiger partial charge in [0.2, 0.25) is 22.0 Å². The summed E-state index contributed by atoms with van der Waals surface area (Å²) in [6, 6.07) is 3.05. The number of carbonyl (C=O) groups is 1. The molecule has 12 nitrogen and oxygen atoms in total. The molecule has 1 heterocycles. The van der Waals surface area contributed by atoms with Gasteiger partial charge in [0, 0.05) is 56.7 Å². The Morgan fingerprint density at radius 1 is 1.13 bits per heavy atom. The van der Waals surface area contributed by atoms with Crippen molar-refractivity contribution in [3.05, 3.63) is 38.4 Å². The molecule has 1 aliphatic heterocycles. The van der Waals surface area contributed by atoms with Crippen molar-refractivity contribution in [1.29, 1.82) is 0 Å². The monoisotopic (exact) mass is 455 g/mol. The maximum Gasteiger partial charge on any atom is 0.293 e. The molecule has 1 amide bonds. The van der Waals surface area contributed by atoms with Crippen molar-refractivity contribution in [3.63, 3.8) is 0 Å². The van der Waals surface area contributed by atoms with Gasteiger partial charge in [0.15, 0.2) is 0 Å². The largest absolute Gasteiger partial charge is 0.362 e. The van der Waals surface area contributed by atoms with Crippen molar-refractivity contribution in [2.24, 2.45) is 5.92 Å². The molecule has 2 atom stereocenters. The minimum atomic E-state index is -3.84. The van der Waals surface area contributed by atoms with E-state index in [2.05, 4.69) is 0 Å². The van der Waals surface area contributed by atoms with Crippen LogP contribution in [0.15, 0.2) is 23.1 Å². The number of anilines is 1. The number of nitro benzene ring substituents is 1. The lowest BCUT2D eigenvalue weighted by Gasteiger charge is -2.35. The number of carbonyl (C=O) groups excluding carboxylic acids is 1. The maximum absolute atomic E-state index is 12.7. The molecule has 1 aliphatic carbocycles. The van der Waals surface area contributed by atoms with Crippen LogP contribution < -0.4 is 4.90 Å². The standard InChI is InChI=1S/C18H25N5O7S/c1-3-21(4-2)31(29,30)13-5-6-15(17(11-13)23(27)28)19-7-9-20(10-8-19)18(24)14-12-16(14)22(25)26/h5-6,11,14,16H,3-4,7-10,12H2,1-2H3. The zero-order chi connectivity index (χ0) is 22.9. The molecule has 0 spiro atoms. The summed E-state index contributed by atoms with van der Waals surface area (Å²) >= 11 is 0. The highest BCUT2D eigenvalue weighted by atomic mass is 32.2. The van der Waals surface area contributed by atoms with E-state index in [1.807, 2.05) is 0 Å². The number of nitro groups is 2. The normalized spacial score (nSPS) is 21.3. The number of amides is 1. The molecule has 1 aromatic carbocycles. The first kappa shape index (κ1) is 22.9. The predicted octanol–water partition coefficient (Wildman–Crippen LogP) is 0.939. The van der Waals surface area contributed by atoms with Crippen LogP contribution in [0.2, 0.25) is 0 Å². The molecule has 1 aromatic rings. The van der Waals surface area contributed by atoms with Crippen LogP contribution in [0.4, 0.5) is 11.4 Å². The van der Waals surface area contributed by atoms with Crippen LogP contribution in [0, 0.1) is 26.1 Å². The molecule has 1 saturated heterocycles. The highest BCUT2D eigenvalue weighted by Gasteiger charge is 2.54. The van der Waals surface area contributed by atoms with E-state index in [1.165, 1.54) is 16.4 Å². The Hall–Kier alpha value is -2.80. The maximum atomic E-state index is 12.7. The molecule has 0 radical (unpaired) electrons. The van der Waals surface area contributed by atoms with Gasteiger partial charge in [-0.15, -0.1) is 0 Å². The van der Waals surface area contributed by atoms with Crippen molar-refractivity contribution in [3.8, 4) is 0 Å². The van der Waals surface area contributed by atoms with Crippen LogP contribution in [0.25, 0.3) is 0 Å². The van der Waals surface area contributed by atoms with Gasteiger partial charge in [-0.3, -0.25) is 25.0 Å². The Morgan fingerprint density at radius 3 is 2.23 bits per heavy atom. The summed E-state index contributed by atoms with van der Waals surface area (Å²) in [5.74, 6) is -0.836. The summed E-state index contributed by atoms with van der Waals surface area (Å²) in [5.41, 5.74) is -0.0335. The lowest BCUT2D eigenvalue weighted by molar-refractivity contribution is -0.497. The van der Waals surface area contributed by atoms with Crippen LogP contribution in [0.1, 0.15) is 20.3 Å². The SMILES string of the molecule is CCN(CC)S(=O)(=O)c1ccc(N2CCN(C(=O)C3CC3[N+](=O)[O-])CC2)c([N+](=O)[O-])c1. The van der Waals surface area contributed by atoms with Crippen LogP contribution in [0.5, 0.6) is 0 Å². The Kier molecular flexibility index (Phi) is 6.46. The fraction of sp³-hybridized carbons (Fsp3) is 0.611. The Balaban J connectivity index is 1.76. The first-order valence-corrected chi connectivity index (χ1v) is 11.5. The topological polar surface area (TPSA) is 147 Å². The predicted molar refractivity (Wildman–Crippen MR) is 111 cm³/mol. The van der Waals surface area contributed by atoms with Gasteiger partial charge in [-0.25, -0.2) is 8.42 Å². The highest BCUT2D eigenvalue weighted by molar-refractivity contribution is 7.89. The van der Waals surface area contributed by atoms with E-state index in [4.69, 9.17) is 0 Å². The lowest BCUT2D eigenvalue weighted by Crippen LogP contribution is -2.49. The van der Waals surface area contributed by atoms with Gasteiger partial charge < -0.3 is 9.80 Å². The average molecular weight is 455 g/mol. The molecule has 0 aromatic heterocycles. The number of benzene rings is 1. The molecule has 2 fully saturated rings. The second kappa shape index (κ2) is 8.75. The van der Waals surface area contributed by atoms with Gasteiger partial charge in [0.25, 0.3) is 5.69 Å². The third-order valence-electron chi connectivity index (χ3n) is 5.76. The summed E-state index contributed by atoms with van der Waals surface area (Å²) in [7, 11) is -3.84. The quantitative estimate of drug-likeness (QED) is 0.415. The lowest BCUT2D eigenvalue weighted by atomic mass is 10.2. The fourth-order valence-corrected chi connectivity index (χ4v) is 5.35. The summed E-state index contributed by atoms with van der Waals surface area (Å²) in [6.07, 6.45) is 0.250. The van der Waals surface area contributed by atoms with Crippen molar-refractivity contribution >= 4 is 27.3 Å². The van der Waals surface area contributed by atoms with Crippen molar-refractivity contribution in [1.82, 2.24) is 9.21 Å². The van der Waals surface area contributed by atoms with Gasteiger partial charge >= 0.3 is 0 Å². The van der Waals surface area contributed by atoms with E-state index in [0.29, 0.717) is 13.1 Å². The van der Waals surface area contributed by atoms with E-state index in [-0.39, 0.29) is 54.8 Å². The summed E-state index contributed by atoms with van der Waals surface area (Å²) < 4.78 is 26.7. The molecule has 170 valence electrons. The third kappa shape index (κ3) is 4.46. The molecule has 2 unspecified atom stereocenters. The second-order valence-electron chi connectivity index (χ2n) is 7.50. The number of piperazine rings is 1. The van der Waals surface area contributed by atoms with E-state index in [9.17, 15) is 33.4 Å². The number of nitrogens with zero attached hydrogens (tertiary/aromatic N) is 5. The molecule has 31 heavy (non-hydrogen) atoms. The molecule has 0 N–H and O–H groups in total. The highest BCUT2D eigenvalue weighted by Crippen LogP contribution is 2.36. The minimum Gasteiger partial charge on any atom is -0.362 e. The molecular weight excluding hydrogens is 430 g/mol. The molecule has 0 bridgehead atoms. The number of rotatable bonds is 8. The molecule has 13 heteroatoms. The first-order chi connectivity index (χ1) is 14.6. The van der Waals surface area contributed by atoms with Crippen LogP contribution in [0.3, 0.4) is 0 Å². The van der Waals surface area contributed by atoms with Gasteiger partial charge in [-0.1, -0.05) is 13.8 Å². The Morgan fingerprint density at radius 2 is 1.74 bits per heavy atom. The second-order valence-corrected chi connectivity index (χ2v) is 9.44. The summed E-state index contributed by atoms with van der Waals surface area (Å²) in [4.78, 5) is 36.9. The van der Waals surface area contributed by atoms with Crippen LogP contribution >= 0.6 is 0 Å². The van der Waals surface area contributed by atoms with E-state index < -0.39 is 31.8 Å². The number of hydrogen-bond acceptors (Lipinski definition) is 8. The smallest absolute Gasteiger partial charge is 0.293 e. The van der Waals surface area contributed by atoms with Crippen molar-refractivity contribution < 1.29 is 23.1 Å². The number of hydrogen-bond donors (Lipinski definition) is 0. The average Bonchev–Trinajstić information content (AvgIpc) is 3.55. The van der Waals surface area contributed by atoms with E-state index >= 15 is 0 Å². The fourth-order valence-electron chi connectivity index (χ4n) is 3.87. The van der Waals surface area contributed by atoms with E-state index in [1.54, 1.807) is 23.6 Å². The van der Waals surface area contributed by atoms with Gasteiger partial charge in [-0.2, -0.15) is 4.31 Å². The van der Waals surface area contributed by atoms with Gasteiger partial charge in [-0.05, 0) is 12.1 Å². The molecule has 3 rings (SSSR count). The summed E-state index contributed by atoms with van der Waals surface area (Å²) in [6.45, 7) is 5.09. The Labute approximate surface area is 179 Å². The zero-order valence-electron chi connectivity index (χ0n) is 17.3. The minimum absolute atomic E-state index is 0.139.